The van der Waals surface area contributed by atoms with E-state index in [1.165, 1.54) is 0 Å². The lowest BCUT2D eigenvalue weighted by molar-refractivity contribution is 0.122. The first-order valence-corrected chi connectivity index (χ1v) is 4.90. The highest BCUT2D eigenvalue weighted by atomic mass is 16.5. The lowest BCUT2D eigenvalue weighted by Gasteiger charge is -2.26. The summed E-state index contributed by atoms with van der Waals surface area (Å²) in [7, 11) is 0. The average molecular weight is 193 g/mol. The van der Waals surface area contributed by atoms with Gasteiger partial charge >= 0.3 is 0 Å². The SMILES string of the molecule is Cc1cnc(N2CCOCC2)nc1C. The highest BCUT2D eigenvalue weighted by Crippen LogP contribution is 2.11. The molecule has 76 valence electrons. The van der Waals surface area contributed by atoms with Crippen molar-refractivity contribution in [2.45, 2.75) is 13.8 Å². The van der Waals surface area contributed by atoms with Crippen LogP contribution in [0.25, 0.3) is 0 Å². The summed E-state index contributed by atoms with van der Waals surface area (Å²) in [5.74, 6) is 0.830. The van der Waals surface area contributed by atoms with Crippen LogP contribution in [0.1, 0.15) is 11.3 Å². The van der Waals surface area contributed by atoms with Gasteiger partial charge in [0.1, 0.15) is 0 Å². The molecule has 1 aliphatic rings. The highest BCUT2D eigenvalue weighted by Gasteiger charge is 2.13. The summed E-state index contributed by atoms with van der Waals surface area (Å²) in [5.41, 5.74) is 2.20. The summed E-state index contributed by atoms with van der Waals surface area (Å²) in [6, 6.07) is 0. The van der Waals surface area contributed by atoms with Gasteiger partial charge in [0.2, 0.25) is 5.95 Å². The molecule has 0 atom stereocenters. The van der Waals surface area contributed by atoms with E-state index in [2.05, 4.69) is 14.9 Å². The molecule has 0 radical (unpaired) electrons. The van der Waals surface area contributed by atoms with Crippen molar-refractivity contribution in [2.75, 3.05) is 31.2 Å². The number of aromatic nitrogens is 2. The molecule has 0 spiro atoms. The fraction of sp³-hybridized carbons (Fsp3) is 0.600. The Morgan fingerprint density at radius 2 is 2.00 bits per heavy atom. The minimum Gasteiger partial charge on any atom is -0.378 e. The van der Waals surface area contributed by atoms with Gasteiger partial charge in [-0.1, -0.05) is 0 Å². The molecule has 4 nitrogen and oxygen atoms in total. The van der Waals surface area contributed by atoms with Gasteiger partial charge in [0, 0.05) is 25.0 Å². The minimum absolute atomic E-state index is 0.774. The molecule has 0 aliphatic carbocycles. The van der Waals surface area contributed by atoms with Crippen LogP contribution in [0.4, 0.5) is 5.95 Å². The molecule has 1 aliphatic heterocycles. The monoisotopic (exact) mass is 193 g/mol. The Labute approximate surface area is 83.9 Å². The van der Waals surface area contributed by atoms with Crippen molar-refractivity contribution in [1.82, 2.24) is 9.97 Å². The van der Waals surface area contributed by atoms with Gasteiger partial charge in [-0.05, 0) is 19.4 Å². The summed E-state index contributed by atoms with van der Waals surface area (Å²) in [4.78, 5) is 10.9. The maximum absolute atomic E-state index is 5.28. The molecule has 14 heavy (non-hydrogen) atoms. The molecule has 1 fully saturated rings. The van der Waals surface area contributed by atoms with E-state index in [0.717, 1.165) is 43.5 Å². The van der Waals surface area contributed by atoms with E-state index in [1.807, 2.05) is 20.0 Å². The van der Waals surface area contributed by atoms with Crippen LogP contribution in [0.5, 0.6) is 0 Å². The number of hydrogen-bond acceptors (Lipinski definition) is 4. The molecule has 1 saturated heterocycles. The predicted molar refractivity (Wildman–Crippen MR) is 54.5 cm³/mol. The van der Waals surface area contributed by atoms with Crippen LogP contribution in [-0.2, 0) is 4.74 Å². The Morgan fingerprint density at radius 3 is 2.64 bits per heavy atom. The molecule has 0 amide bonds. The van der Waals surface area contributed by atoms with Gasteiger partial charge in [-0.15, -0.1) is 0 Å². The first-order valence-electron chi connectivity index (χ1n) is 4.90. The van der Waals surface area contributed by atoms with Crippen molar-refractivity contribution < 1.29 is 4.74 Å². The van der Waals surface area contributed by atoms with Gasteiger partial charge in [-0.2, -0.15) is 0 Å². The zero-order valence-corrected chi connectivity index (χ0v) is 8.66. The standard InChI is InChI=1S/C10H15N3O/c1-8-7-11-10(12-9(8)2)13-3-5-14-6-4-13/h7H,3-6H2,1-2H3. The molecular formula is C10H15N3O. The van der Waals surface area contributed by atoms with Crippen LogP contribution in [-0.4, -0.2) is 36.3 Å². The number of aryl methyl sites for hydroxylation is 2. The van der Waals surface area contributed by atoms with Crippen LogP contribution >= 0.6 is 0 Å². The molecule has 0 aromatic carbocycles. The first kappa shape index (κ1) is 9.40. The van der Waals surface area contributed by atoms with E-state index in [1.54, 1.807) is 0 Å². The van der Waals surface area contributed by atoms with Crippen molar-refractivity contribution in [2.24, 2.45) is 0 Å². The Bertz CT molecular complexity index is 321. The molecule has 0 N–H and O–H groups in total. The van der Waals surface area contributed by atoms with Gasteiger partial charge in [0.15, 0.2) is 0 Å². The Balaban J connectivity index is 2.18. The van der Waals surface area contributed by atoms with Crippen LogP contribution in [0, 0.1) is 13.8 Å². The first-order chi connectivity index (χ1) is 6.77. The fourth-order valence-corrected chi connectivity index (χ4v) is 1.43. The molecule has 4 heteroatoms. The van der Waals surface area contributed by atoms with Gasteiger partial charge in [0.25, 0.3) is 0 Å². The largest absolute Gasteiger partial charge is 0.378 e. The average Bonchev–Trinajstić information content (AvgIpc) is 2.23. The van der Waals surface area contributed by atoms with E-state index < -0.39 is 0 Å². The van der Waals surface area contributed by atoms with E-state index in [0.29, 0.717) is 0 Å². The Kier molecular flexibility index (Phi) is 2.63. The topological polar surface area (TPSA) is 38.2 Å². The Morgan fingerprint density at radius 1 is 1.29 bits per heavy atom. The molecular weight excluding hydrogens is 178 g/mol. The lowest BCUT2D eigenvalue weighted by atomic mass is 10.3. The van der Waals surface area contributed by atoms with E-state index in [-0.39, 0.29) is 0 Å². The number of morpholine rings is 1. The molecule has 0 unspecified atom stereocenters. The third kappa shape index (κ3) is 1.85. The van der Waals surface area contributed by atoms with E-state index in [9.17, 15) is 0 Å². The van der Waals surface area contributed by atoms with E-state index in [4.69, 9.17) is 4.74 Å². The minimum atomic E-state index is 0.774. The molecule has 2 rings (SSSR count). The number of rotatable bonds is 1. The molecule has 0 bridgehead atoms. The van der Waals surface area contributed by atoms with Gasteiger partial charge in [-0.25, -0.2) is 9.97 Å². The second-order valence-corrected chi connectivity index (χ2v) is 3.54. The highest BCUT2D eigenvalue weighted by molar-refractivity contribution is 5.32. The number of anilines is 1. The summed E-state index contributed by atoms with van der Waals surface area (Å²) in [6.45, 7) is 7.37. The molecule has 0 saturated carbocycles. The quantitative estimate of drug-likeness (QED) is 0.665. The van der Waals surface area contributed by atoms with Gasteiger partial charge < -0.3 is 9.64 Å². The third-order valence-electron chi connectivity index (χ3n) is 2.51. The predicted octanol–water partition coefficient (Wildman–Crippen LogP) is 0.930. The van der Waals surface area contributed by atoms with E-state index >= 15 is 0 Å². The van der Waals surface area contributed by atoms with Crippen LogP contribution in [0.3, 0.4) is 0 Å². The molecule has 1 aromatic heterocycles. The van der Waals surface area contributed by atoms with Crippen molar-refractivity contribution in [1.29, 1.82) is 0 Å². The van der Waals surface area contributed by atoms with Gasteiger partial charge in [0.05, 0.1) is 13.2 Å². The summed E-state index contributed by atoms with van der Waals surface area (Å²) >= 11 is 0. The fourth-order valence-electron chi connectivity index (χ4n) is 1.43. The van der Waals surface area contributed by atoms with Gasteiger partial charge in [-0.3, -0.25) is 0 Å². The molecule has 2 heterocycles. The number of ether oxygens (including phenoxy) is 1. The van der Waals surface area contributed by atoms with Crippen molar-refractivity contribution >= 4 is 5.95 Å². The lowest BCUT2D eigenvalue weighted by Crippen LogP contribution is -2.37. The zero-order chi connectivity index (χ0) is 9.97. The van der Waals surface area contributed by atoms with Crippen LogP contribution in [0.2, 0.25) is 0 Å². The maximum Gasteiger partial charge on any atom is 0.225 e. The summed E-state index contributed by atoms with van der Waals surface area (Å²) in [5, 5.41) is 0. The summed E-state index contributed by atoms with van der Waals surface area (Å²) in [6.07, 6.45) is 1.88. The Hall–Kier alpha value is -1.16. The smallest absolute Gasteiger partial charge is 0.225 e. The van der Waals surface area contributed by atoms with Crippen molar-refractivity contribution in [3.8, 4) is 0 Å². The van der Waals surface area contributed by atoms with Crippen molar-refractivity contribution in [3.63, 3.8) is 0 Å². The normalized spacial score (nSPS) is 17.1. The zero-order valence-electron chi connectivity index (χ0n) is 8.66. The number of nitrogens with zero attached hydrogens (tertiary/aromatic N) is 3. The molecule has 1 aromatic rings. The van der Waals surface area contributed by atoms with Crippen LogP contribution in [0.15, 0.2) is 6.20 Å². The second kappa shape index (κ2) is 3.92. The number of hydrogen-bond donors (Lipinski definition) is 0. The third-order valence-corrected chi connectivity index (χ3v) is 2.51. The maximum atomic E-state index is 5.28. The second-order valence-electron chi connectivity index (χ2n) is 3.54. The van der Waals surface area contributed by atoms with Crippen molar-refractivity contribution in [3.05, 3.63) is 17.5 Å². The summed E-state index contributed by atoms with van der Waals surface area (Å²) < 4.78 is 5.28. The van der Waals surface area contributed by atoms with Crippen LogP contribution < -0.4 is 4.90 Å².